The second-order valence-corrected chi connectivity index (χ2v) is 8.98. The summed E-state index contributed by atoms with van der Waals surface area (Å²) < 4.78 is 26.8. The zero-order valence-corrected chi connectivity index (χ0v) is 15.4. The van der Waals surface area contributed by atoms with Gasteiger partial charge < -0.3 is 15.3 Å². The van der Waals surface area contributed by atoms with Gasteiger partial charge in [0.25, 0.3) is 5.91 Å². The number of carbonyl (C=O) groups is 1. The van der Waals surface area contributed by atoms with Crippen molar-refractivity contribution < 1.29 is 18.3 Å². The summed E-state index contributed by atoms with van der Waals surface area (Å²) in [4.78, 5) is 14.1. The molecule has 1 aliphatic heterocycles. The number of rotatable bonds is 5. The number of sulfonamides is 1. The lowest BCUT2D eigenvalue weighted by Gasteiger charge is -2.26. The molecule has 1 saturated heterocycles. The highest BCUT2D eigenvalue weighted by atomic mass is 32.2. The van der Waals surface area contributed by atoms with E-state index in [1.807, 2.05) is 19.0 Å². The summed E-state index contributed by atoms with van der Waals surface area (Å²) in [6, 6.07) is 6.02. The summed E-state index contributed by atoms with van der Waals surface area (Å²) in [7, 11) is -0.0442. The van der Waals surface area contributed by atoms with E-state index in [2.05, 4.69) is 5.32 Å². The van der Waals surface area contributed by atoms with Crippen LogP contribution in [0.15, 0.2) is 29.2 Å². The van der Waals surface area contributed by atoms with Gasteiger partial charge in [0.15, 0.2) is 0 Å². The highest BCUT2D eigenvalue weighted by Crippen LogP contribution is 2.24. The average molecular weight is 367 g/mol. The Kier molecular flexibility index (Phi) is 5.15. The van der Waals surface area contributed by atoms with E-state index in [0.29, 0.717) is 5.56 Å². The van der Waals surface area contributed by atoms with Crippen molar-refractivity contribution in [2.45, 2.75) is 42.3 Å². The minimum Gasteiger partial charge on any atom is -0.390 e. The third kappa shape index (κ3) is 3.72. The van der Waals surface area contributed by atoms with Crippen molar-refractivity contribution in [2.24, 2.45) is 0 Å². The molecule has 0 aromatic heterocycles. The van der Waals surface area contributed by atoms with Gasteiger partial charge in [-0.3, -0.25) is 4.79 Å². The normalized spacial score (nSPS) is 25.1. The van der Waals surface area contributed by atoms with Gasteiger partial charge in [-0.25, -0.2) is 8.42 Å². The Bertz CT molecular complexity index is 729. The van der Waals surface area contributed by atoms with Crippen LogP contribution in [-0.2, 0) is 10.0 Å². The predicted molar refractivity (Wildman–Crippen MR) is 93.8 cm³/mol. The van der Waals surface area contributed by atoms with Crippen molar-refractivity contribution in [2.75, 3.05) is 27.2 Å². The fourth-order valence-corrected chi connectivity index (χ4v) is 4.66. The molecule has 2 fully saturated rings. The lowest BCUT2D eigenvalue weighted by Crippen LogP contribution is -2.39. The van der Waals surface area contributed by atoms with Crippen LogP contribution in [0.1, 0.15) is 29.6 Å². The SMILES string of the molecule is CN(C)[C@H]1CN(S(=O)(=O)c2ccc(C(=O)NC3CCC3)cc2)C[C@@H]1O. The first-order chi connectivity index (χ1) is 11.8. The fraction of sp³-hybridized carbons (Fsp3) is 0.588. The summed E-state index contributed by atoms with van der Waals surface area (Å²) in [5.41, 5.74) is 0.457. The summed E-state index contributed by atoms with van der Waals surface area (Å²) in [6.07, 6.45) is 2.43. The number of benzene rings is 1. The van der Waals surface area contributed by atoms with Crippen molar-refractivity contribution in [1.82, 2.24) is 14.5 Å². The fourth-order valence-electron chi connectivity index (χ4n) is 3.19. The molecule has 25 heavy (non-hydrogen) atoms. The van der Waals surface area contributed by atoms with Crippen LogP contribution in [0.3, 0.4) is 0 Å². The molecule has 7 nitrogen and oxygen atoms in total. The van der Waals surface area contributed by atoms with Crippen molar-refractivity contribution in [3.8, 4) is 0 Å². The maximum Gasteiger partial charge on any atom is 0.251 e. The summed E-state index contributed by atoms with van der Waals surface area (Å²) in [5.74, 6) is -0.169. The van der Waals surface area contributed by atoms with Crippen LogP contribution < -0.4 is 5.32 Å². The van der Waals surface area contributed by atoms with E-state index < -0.39 is 16.1 Å². The molecule has 2 aliphatic rings. The number of aliphatic hydroxyl groups excluding tert-OH is 1. The van der Waals surface area contributed by atoms with Gasteiger partial charge in [0.05, 0.1) is 17.0 Å². The molecule has 1 aliphatic carbocycles. The first-order valence-electron chi connectivity index (χ1n) is 8.54. The van der Waals surface area contributed by atoms with E-state index in [0.717, 1.165) is 19.3 Å². The molecule has 1 heterocycles. The van der Waals surface area contributed by atoms with Crippen LogP contribution in [0.5, 0.6) is 0 Å². The molecule has 2 N–H and O–H groups in total. The van der Waals surface area contributed by atoms with Crippen LogP contribution in [0.2, 0.25) is 0 Å². The number of hydrogen-bond acceptors (Lipinski definition) is 5. The molecule has 0 spiro atoms. The van der Waals surface area contributed by atoms with Crippen molar-refractivity contribution in [3.63, 3.8) is 0 Å². The zero-order valence-electron chi connectivity index (χ0n) is 14.6. The van der Waals surface area contributed by atoms with Gasteiger partial charge in [-0.05, 0) is 57.6 Å². The summed E-state index contributed by atoms with van der Waals surface area (Å²) >= 11 is 0. The molecule has 8 heteroatoms. The first kappa shape index (κ1) is 18.3. The molecule has 0 unspecified atom stereocenters. The second kappa shape index (κ2) is 7.03. The lowest BCUT2D eigenvalue weighted by molar-refractivity contribution is 0.0917. The summed E-state index contributed by atoms with van der Waals surface area (Å²) in [6.45, 7) is 0.329. The molecule has 1 amide bonds. The molecule has 3 rings (SSSR count). The lowest BCUT2D eigenvalue weighted by atomic mass is 9.93. The van der Waals surface area contributed by atoms with E-state index in [9.17, 15) is 18.3 Å². The Morgan fingerprint density at radius 1 is 1.20 bits per heavy atom. The van der Waals surface area contributed by atoms with Gasteiger partial charge in [-0.1, -0.05) is 0 Å². The second-order valence-electron chi connectivity index (χ2n) is 7.05. The Morgan fingerprint density at radius 2 is 1.84 bits per heavy atom. The number of amides is 1. The van der Waals surface area contributed by atoms with Crippen molar-refractivity contribution >= 4 is 15.9 Å². The number of β-amino-alcohol motifs (C(OH)–C–C–N with tert-alkyl or cyclic N) is 1. The van der Waals surface area contributed by atoms with E-state index in [1.54, 1.807) is 0 Å². The first-order valence-corrected chi connectivity index (χ1v) is 9.98. The molecule has 1 aromatic carbocycles. The zero-order chi connectivity index (χ0) is 18.2. The molecule has 1 aromatic rings. The highest BCUT2D eigenvalue weighted by Gasteiger charge is 2.39. The van der Waals surface area contributed by atoms with Crippen LogP contribution in [-0.4, -0.2) is 74.0 Å². The van der Waals surface area contributed by atoms with Crippen molar-refractivity contribution in [1.29, 1.82) is 0 Å². The topological polar surface area (TPSA) is 90.0 Å². The Labute approximate surface area is 148 Å². The van der Waals surface area contributed by atoms with Crippen LogP contribution >= 0.6 is 0 Å². The standard InChI is InChI=1S/C17H25N3O4S/c1-19(2)15-10-20(11-16(15)21)25(23,24)14-8-6-12(7-9-14)17(22)18-13-4-3-5-13/h6-9,13,15-16,21H,3-5,10-11H2,1-2H3,(H,18,22)/t15-,16-/m0/s1. The monoisotopic (exact) mass is 367 g/mol. The van der Waals surface area contributed by atoms with E-state index in [4.69, 9.17) is 0 Å². The number of nitrogens with one attached hydrogen (secondary N) is 1. The largest absolute Gasteiger partial charge is 0.390 e. The van der Waals surface area contributed by atoms with Crippen LogP contribution in [0.4, 0.5) is 0 Å². The van der Waals surface area contributed by atoms with Gasteiger partial charge in [-0.15, -0.1) is 0 Å². The highest BCUT2D eigenvalue weighted by molar-refractivity contribution is 7.89. The number of carbonyl (C=O) groups excluding carboxylic acids is 1. The molecule has 0 radical (unpaired) electrons. The Balaban J connectivity index is 1.71. The number of aliphatic hydroxyl groups is 1. The van der Waals surface area contributed by atoms with E-state index in [-0.39, 0.29) is 36.0 Å². The summed E-state index contributed by atoms with van der Waals surface area (Å²) in [5, 5.41) is 13.0. The molecular weight excluding hydrogens is 342 g/mol. The number of nitrogens with zero attached hydrogens (tertiary/aromatic N) is 2. The smallest absolute Gasteiger partial charge is 0.251 e. The predicted octanol–water partition coefficient (Wildman–Crippen LogP) is 0.264. The van der Waals surface area contributed by atoms with E-state index in [1.165, 1.54) is 28.6 Å². The van der Waals surface area contributed by atoms with Gasteiger partial charge in [-0.2, -0.15) is 4.31 Å². The van der Waals surface area contributed by atoms with E-state index >= 15 is 0 Å². The van der Waals surface area contributed by atoms with Gasteiger partial charge in [0.2, 0.25) is 10.0 Å². The molecule has 1 saturated carbocycles. The Hall–Kier alpha value is -1.48. The quantitative estimate of drug-likeness (QED) is 0.779. The minimum atomic E-state index is -3.68. The third-order valence-corrected chi connectivity index (χ3v) is 6.93. The minimum absolute atomic E-state index is 0.0785. The van der Waals surface area contributed by atoms with Crippen LogP contribution in [0, 0.1) is 0 Å². The molecular formula is C17H25N3O4S. The third-order valence-electron chi connectivity index (χ3n) is 5.08. The van der Waals surface area contributed by atoms with Gasteiger partial charge >= 0.3 is 0 Å². The average Bonchev–Trinajstić information content (AvgIpc) is 2.94. The van der Waals surface area contributed by atoms with Gasteiger partial charge in [0.1, 0.15) is 0 Å². The number of hydrogen-bond donors (Lipinski definition) is 2. The Morgan fingerprint density at radius 3 is 2.32 bits per heavy atom. The van der Waals surface area contributed by atoms with Crippen LogP contribution in [0.25, 0.3) is 0 Å². The maximum absolute atomic E-state index is 12.8. The van der Waals surface area contributed by atoms with Crippen molar-refractivity contribution in [3.05, 3.63) is 29.8 Å². The maximum atomic E-state index is 12.8. The molecule has 0 bridgehead atoms. The van der Waals surface area contributed by atoms with Gasteiger partial charge in [0, 0.05) is 24.7 Å². The number of likely N-dealkylation sites (N-methyl/N-ethyl adjacent to an activating group) is 1. The molecule has 2 atom stereocenters. The molecule has 138 valence electrons.